The second-order valence-electron chi connectivity index (χ2n) is 5.15. The quantitative estimate of drug-likeness (QED) is 0.872. The molecule has 20 heavy (non-hydrogen) atoms. The van der Waals surface area contributed by atoms with Gasteiger partial charge in [-0.15, -0.1) is 0 Å². The van der Waals surface area contributed by atoms with Crippen LogP contribution in [-0.2, 0) is 13.0 Å². The van der Waals surface area contributed by atoms with E-state index in [1.165, 1.54) is 16.3 Å². The second-order valence-corrected chi connectivity index (χ2v) is 6.21. The minimum atomic E-state index is 0.497. The van der Waals surface area contributed by atoms with Crippen LogP contribution < -0.4 is 10.2 Å². The fraction of sp³-hybridized carbons (Fsp3) is 0.438. The summed E-state index contributed by atoms with van der Waals surface area (Å²) in [7, 11) is 2.08. The van der Waals surface area contributed by atoms with Gasteiger partial charge in [-0.1, -0.05) is 50.3 Å². The first-order valence-corrected chi connectivity index (χ1v) is 7.94. The van der Waals surface area contributed by atoms with Crippen LogP contribution >= 0.6 is 11.3 Å². The Labute approximate surface area is 125 Å². The molecule has 0 spiro atoms. The van der Waals surface area contributed by atoms with Crippen molar-refractivity contribution in [2.45, 2.75) is 39.8 Å². The van der Waals surface area contributed by atoms with Crippen molar-refractivity contribution in [1.82, 2.24) is 10.3 Å². The molecule has 1 aromatic carbocycles. The summed E-state index contributed by atoms with van der Waals surface area (Å²) in [5, 5.41) is 4.54. The normalized spacial score (nSPS) is 11.1. The molecule has 2 aromatic rings. The summed E-state index contributed by atoms with van der Waals surface area (Å²) in [4.78, 5) is 8.29. The Morgan fingerprint density at radius 1 is 1.25 bits per heavy atom. The van der Waals surface area contributed by atoms with Crippen LogP contribution in [0.15, 0.2) is 30.3 Å². The van der Waals surface area contributed by atoms with Gasteiger partial charge in [0, 0.05) is 30.2 Å². The predicted octanol–water partition coefficient (Wildman–Crippen LogP) is 3.97. The summed E-state index contributed by atoms with van der Waals surface area (Å²) in [6.07, 6.45) is 0.980. The third kappa shape index (κ3) is 3.58. The van der Waals surface area contributed by atoms with Gasteiger partial charge in [0.25, 0.3) is 0 Å². The van der Waals surface area contributed by atoms with Gasteiger partial charge in [-0.2, -0.15) is 0 Å². The summed E-state index contributed by atoms with van der Waals surface area (Å²) in [5.74, 6) is 0. The minimum absolute atomic E-state index is 0.497. The number of hydrogen-bond donors (Lipinski definition) is 1. The van der Waals surface area contributed by atoms with Gasteiger partial charge in [0.1, 0.15) is 0 Å². The van der Waals surface area contributed by atoms with Crippen molar-refractivity contribution >= 4 is 22.2 Å². The van der Waals surface area contributed by atoms with Crippen LogP contribution in [0.25, 0.3) is 0 Å². The molecule has 4 heteroatoms. The zero-order valence-electron chi connectivity index (χ0n) is 12.7. The second kappa shape index (κ2) is 6.86. The van der Waals surface area contributed by atoms with Crippen molar-refractivity contribution in [1.29, 1.82) is 0 Å². The number of aromatic nitrogens is 1. The Kier molecular flexibility index (Phi) is 5.15. The summed E-state index contributed by atoms with van der Waals surface area (Å²) in [6, 6.07) is 10.9. The highest BCUT2D eigenvalue weighted by Crippen LogP contribution is 2.30. The smallest absolute Gasteiger partial charge is 0.190 e. The Morgan fingerprint density at radius 3 is 2.55 bits per heavy atom. The number of rotatable bonds is 6. The molecule has 0 atom stereocenters. The molecule has 0 aliphatic heterocycles. The van der Waals surface area contributed by atoms with Gasteiger partial charge in [-0.05, 0) is 18.6 Å². The maximum Gasteiger partial charge on any atom is 0.190 e. The number of anilines is 2. The largest absolute Gasteiger partial charge is 0.321 e. The zero-order valence-corrected chi connectivity index (χ0v) is 13.5. The van der Waals surface area contributed by atoms with E-state index in [0.717, 1.165) is 18.1 Å². The fourth-order valence-electron chi connectivity index (χ4n) is 1.99. The summed E-state index contributed by atoms with van der Waals surface area (Å²) in [5.41, 5.74) is 2.38. The molecular weight excluding hydrogens is 266 g/mol. The van der Waals surface area contributed by atoms with Crippen LogP contribution in [0.3, 0.4) is 0 Å². The molecule has 108 valence electrons. The third-order valence-corrected chi connectivity index (χ3v) is 4.38. The van der Waals surface area contributed by atoms with Crippen LogP contribution in [0.5, 0.6) is 0 Å². The van der Waals surface area contributed by atoms with Gasteiger partial charge in [-0.3, -0.25) is 0 Å². The van der Waals surface area contributed by atoms with E-state index in [1.54, 1.807) is 11.3 Å². The molecule has 0 radical (unpaired) electrons. The van der Waals surface area contributed by atoms with E-state index in [4.69, 9.17) is 4.98 Å². The van der Waals surface area contributed by atoms with Crippen LogP contribution in [0, 0.1) is 0 Å². The van der Waals surface area contributed by atoms with Crippen LogP contribution in [0.4, 0.5) is 10.8 Å². The molecule has 0 unspecified atom stereocenters. The highest BCUT2D eigenvalue weighted by molar-refractivity contribution is 7.15. The molecule has 0 aliphatic carbocycles. The molecule has 0 aliphatic rings. The van der Waals surface area contributed by atoms with Crippen molar-refractivity contribution in [3.05, 3.63) is 40.9 Å². The van der Waals surface area contributed by atoms with Gasteiger partial charge in [0.15, 0.2) is 5.13 Å². The lowest BCUT2D eigenvalue weighted by Gasteiger charge is -2.15. The molecular formula is C16H23N3S. The molecule has 1 N–H and O–H groups in total. The molecule has 1 heterocycles. The maximum absolute atomic E-state index is 4.79. The van der Waals surface area contributed by atoms with E-state index in [0.29, 0.717) is 6.04 Å². The molecule has 0 fully saturated rings. The number of nitrogens with one attached hydrogen (secondary N) is 1. The van der Waals surface area contributed by atoms with Crippen LogP contribution in [-0.4, -0.2) is 18.1 Å². The number of nitrogens with zero attached hydrogens (tertiary/aromatic N) is 2. The molecule has 0 bridgehead atoms. The highest BCUT2D eigenvalue weighted by Gasteiger charge is 2.14. The number of para-hydroxylation sites is 1. The van der Waals surface area contributed by atoms with E-state index in [-0.39, 0.29) is 0 Å². The first-order valence-electron chi connectivity index (χ1n) is 7.12. The number of hydrogen-bond acceptors (Lipinski definition) is 4. The van der Waals surface area contributed by atoms with E-state index >= 15 is 0 Å². The molecule has 1 aromatic heterocycles. The summed E-state index contributed by atoms with van der Waals surface area (Å²) in [6.45, 7) is 7.41. The lowest BCUT2D eigenvalue weighted by atomic mass is 10.3. The van der Waals surface area contributed by atoms with E-state index < -0.39 is 0 Å². The van der Waals surface area contributed by atoms with Gasteiger partial charge in [-0.25, -0.2) is 4.98 Å². The standard InChI is InChI=1S/C16H23N3S/c1-5-14-15(11-17-12(2)3)20-16(18-14)19(4)13-9-7-6-8-10-13/h6-10,12,17H,5,11H2,1-4H3. The SMILES string of the molecule is CCc1nc(N(C)c2ccccc2)sc1CNC(C)C. The van der Waals surface area contributed by atoms with E-state index in [1.807, 2.05) is 6.07 Å². The van der Waals surface area contributed by atoms with E-state index in [9.17, 15) is 0 Å². The van der Waals surface area contributed by atoms with Crippen LogP contribution in [0.1, 0.15) is 31.3 Å². The van der Waals surface area contributed by atoms with Crippen molar-refractivity contribution in [2.75, 3.05) is 11.9 Å². The highest BCUT2D eigenvalue weighted by atomic mass is 32.1. The molecule has 3 nitrogen and oxygen atoms in total. The Bertz CT molecular complexity index is 534. The average molecular weight is 289 g/mol. The fourth-order valence-corrected chi connectivity index (χ4v) is 3.07. The predicted molar refractivity (Wildman–Crippen MR) is 88.0 cm³/mol. The first-order chi connectivity index (χ1) is 9.61. The van der Waals surface area contributed by atoms with E-state index in [2.05, 4.69) is 62.3 Å². The van der Waals surface area contributed by atoms with Crippen LogP contribution in [0.2, 0.25) is 0 Å². The molecule has 2 rings (SSSR count). The van der Waals surface area contributed by atoms with Gasteiger partial charge in [0.05, 0.1) is 5.69 Å². The van der Waals surface area contributed by atoms with Crippen molar-refractivity contribution in [2.24, 2.45) is 0 Å². The van der Waals surface area contributed by atoms with Crippen molar-refractivity contribution < 1.29 is 0 Å². The molecule has 0 amide bonds. The lowest BCUT2D eigenvalue weighted by molar-refractivity contribution is 0.590. The first kappa shape index (κ1) is 15.0. The topological polar surface area (TPSA) is 28.2 Å². The Morgan fingerprint density at radius 2 is 1.95 bits per heavy atom. The van der Waals surface area contributed by atoms with Crippen molar-refractivity contribution in [3.8, 4) is 0 Å². The lowest BCUT2D eigenvalue weighted by Crippen LogP contribution is -2.21. The van der Waals surface area contributed by atoms with Crippen molar-refractivity contribution in [3.63, 3.8) is 0 Å². The van der Waals surface area contributed by atoms with Gasteiger partial charge in [0.2, 0.25) is 0 Å². The number of aryl methyl sites for hydroxylation is 1. The third-order valence-electron chi connectivity index (χ3n) is 3.20. The summed E-state index contributed by atoms with van der Waals surface area (Å²) < 4.78 is 0. The monoisotopic (exact) mass is 289 g/mol. The maximum atomic E-state index is 4.79. The average Bonchev–Trinajstić information content (AvgIpc) is 2.88. The molecule has 0 saturated carbocycles. The van der Waals surface area contributed by atoms with Gasteiger partial charge >= 0.3 is 0 Å². The van der Waals surface area contributed by atoms with Gasteiger partial charge < -0.3 is 10.2 Å². The Hall–Kier alpha value is -1.39. The Balaban J connectivity index is 2.20. The molecule has 0 saturated heterocycles. The number of benzene rings is 1. The summed E-state index contributed by atoms with van der Waals surface area (Å²) >= 11 is 1.78. The number of thiazole rings is 1. The minimum Gasteiger partial charge on any atom is -0.321 e. The zero-order chi connectivity index (χ0) is 14.5.